The fourth-order valence-corrected chi connectivity index (χ4v) is 5.14. The lowest BCUT2D eigenvalue weighted by Gasteiger charge is -2.43. The second-order valence-electron chi connectivity index (χ2n) is 7.74. The summed E-state index contributed by atoms with van der Waals surface area (Å²) in [6.07, 6.45) is 3.70. The minimum Gasteiger partial charge on any atom is -0.355 e. The smallest absolute Gasteiger partial charge is 0.0433 e. The topological polar surface area (TPSA) is 18.5 Å². The molecular formula is C21H24ClN3. The summed E-state index contributed by atoms with van der Waals surface area (Å²) in [7, 11) is 2.30. The molecule has 5 rings (SSSR count). The van der Waals surface area contributed by atoms with Crippen molar-refractivity contribution in [2.45, 2.75) is 37.4 Å². The third-order valence-electron chi connectivity index (χ3n) is 6.39. The quantitative estimate of drug-likeness (QED) is 0.816. The van der Waals surface area contributed by atoms with Crippen molar-refractivity contribution in [1.82, 2.24) is 9.80 Å². The van der Waals surface area contributed by atoms with Crippen LogP contribution in [0.2, 0.25) is 5.02 Å². The van der Waals surface area contributed by atoms with E-state index in [9.17, 15) is 0 Å². The molecule has 0 aliphatic carbocycles. The van der Waals surface area contributed by atoms with Gasteiger partial charge in [-0.15, -0.1) is 0 Å². The predicted octanol–water partition coefficient (Wildman–Crippen LogP) is 4.46. The molecule has 0 radical (unpaired) electrons. The fraction of sp³-hybridized carbons (Fsp3) is 0.429. The van der Waals surface area contributed by atoms with Crippen LogP contribution in [-0.4, -0.2) is 42.0 Å². The summed E-state index contributed by atoms with van der Waals surface area (Å²) in [5.74, 6) is 0. The number of piperazine rings is 1. The minimum atomic E-state index is 0.417. The predicted molar refractivity (Wildman–Crippen MR) is 104 cm³/mol. The molecule has 2 saturated heterocycles. The number of anilines is 2. The number of halogens is 1. The number of hydrogen-bond acceptors (Lipinski definition) is 3. The number of nitrogens with zero attached hydrogens (tertiary/aromatic N) is 2. The van der Waals surface area contributed by atoms with Crippen LogP contribution < -0.4 is 5.32 Å². The van der Waals surface area contributed by atoms with Crippen LogP contribution in [0.3, 0.4) is 0 Å². The first kappa shape index (κ1) is 15.7. The molecule has 0 spiro atoms. The van der Waals surface area contributed by atoms with Crippen LogP contribution in [0.5, 0.6) is 0 Å². The number of likely N-dealkylation sites (N-methyl/N-ethyl adjacent to an activating group) is 1. The number of rotatable bonds is 1. The fourth-order valence-electron chi connectivity index (χ4n) is 4.94. The molecule has 3 nitrogen and oxygen atoms in total. The van der Waals surface area contributed by atoms with Gasteiger partial charge in [0.2, 0.25) is 0 Å². The molecule has 0 saturated carbocycles. The minimum absolute atomic E-state index is 0.417. The molecule has 4 heteroatoms. The van der Waals surface area contributed by atoms with Gasteiger partial charge in [0.15, 0.2) is 0 Å². The van der Waals surface area contributed by atoms with Crippen molar-refractivity contribution in [2.75, 3.05) is 25.5 Å². The number of para-hydroxylation sites is 1. The monoisotopic (exact) mass is 353 g/mol. The summed E-state index contributed by atoms with van der Waals surface area (Å²) in [6.45, 7) is 2.34. The van der Waals surface area contributed by atoms with Gasteiger partial charge >= 0.3 is 0 Å². The Morgan fingerprint density at radius 1 is 1.00 bits per heavy atom. The van der Waals surface area contributed by atoms with E-state index in [1.807, 2.05) is 6.07 Å². The van der Waals surface area contributed by atoms with E-state index >= 15 is 0 Å². The van der Waals surface area contributed by atoms with Crippen LogP contribution in [0.25, 0.3) is 0 Å². The molecular weight excluding hydrogens is 330 g/mol. The molecule has 130 valence electrons. The van der Waals surface area contributed by atoms with Crippen LogP contribution in [0.4, 0.5) is 11.4 Å². The van der Waals surface area contributed by atoms with Crippen molar-refractivity contribution in [3.63, 3.8) is 0 Å². The Morgan fingerprint density at radius 3 is 2.56 bits per heavy atom. The molecule has 3 unspecified atom stereocenters. The lowest BCUT2D eigenvalue weighted by Crippen LogP contribution is -2.53. The number of likely N-dealkylation sites (tertiary alicyclic amines) is 1. The standard InChI is InChI=1S/C21H24ClN3/c1-24-16-7-8-17(24)13-25(12-16)21-11-14-10-15(22)6-9-19(14)23-20-5-3-2-4-18(20)21/h2-6,9-10,16-17,21,23H,7-8,11-13H2,1H3. The van der Waals surface area contributed by atoms with Gasteiger partial charge in [-0.3, -0.25) is 9.80 Å². The number of fused-ring (bicyclic) bond motifs is 4. The maximum Gasteiger partial charge on any atom is 0.0433 e. The third kappa shape index (κ3) is 2.66. The first-order valence-corrected chi connectivity index (χ1v) is 9.67. The molecule has 0 aromatic heterocycles. The number of hydrogen-bond donors (Lipinski definition) is 1. The second kappa shape index (κ2) is 6.01. The van der Waals surface area contributed by atoms with Gasteiger partial charge in [-0.1, -0.05) is 29.8 Å². The molecule has 0 amide bonds. The molecule has 2 aromatic carbocycles. The maximum atomic E-state index is 6.30. The van der Waals surface area contributed by atoms with E-state index in [1.54, 1.807) is 0 Å². The molecule has 2 fully saturated rings. The molecule has 2 aromatic rings. The highest BCUT2D eigenvalue weighted by molar-refractivity contribution is 6.30. The van der Waals surface area contributed by atoms with Crippen molar-refractivity contribution in [3.05, 3.63) is 58.6 Å². The van der Waals surface area contributed by atoms with E-state index in [2.05, 4.69) is 58.6 Å². The van der Waals surface area contributed by atoms with Crippen LogP contribution in [0.15, 0.2) is 42.5 Å². The van der Waals surface area contributed by atoms with Crippen LogP contribution in [-0.2, 0) is 6.42 Å². The molecule has 3 aliphatic heterocycles. The average Bonchev–Trinajstić information content (AvgIpc) is 2.81. The van der Waals surface area contributed by atoms with Gasteiger partial charge in [0.1, 0.15) is 0 Å². The Labute approximate surface area is 154 Å². The Kier molecular flexibility index (Phi) is 3.77. The van der Waals surface area contributed by atoms with E-state index in [0.717, 1.165) is 11.4 Å². The van der Waals surface area contributed by atoms with Crippen molar-refractivity contribution in [1.29, 1.82) is 0 Å². The second-order valence-corrected chi connectivity index (χ2v) is 8.17. The maximum absolute atomic E-state index is 6.30. The molecule has 3 heterocycles. The summed E-state index contributed by atoms with van der Waals surface area (Å²) in [4.78, 5) is 5.32. The van der Waals surface area contributed by atoms with Gasteiger partial charge < -0.3 is 5.32 Å². The average molecular weight is 354 g/mol. The lowest BCUT2D eigenvalue weighted by atomic mass is 9.96. The Balaban J connectivity index is 1.56. The van der Waals surface area contributed by atoms with Gasteiger partial charge in [0.05, 0.1) is 0 Å². The summed E-state index contributed by atoms with van der Waals surface area (Å²) >= 11 is 6.30. The summed E-state index contributed by atoms with van der Waals surface area (Å²) < 4.78 is 0. The van der Waals surface area contributed by atoms with E-state index in [4.69, 9.17) is 11.6 Å². The SMILES string of the molecule is CN1C2CCC1CN(C1Cc3cc(Cl)ccc3Nc3ccccc31)C2. The largest absolute Gasteiger partial charge is 0.355 e. The van der Waals surface area contributed by atoms with Crippen molar-refractivity contribution in [2.24, 2.45) is 0 Å². The zero-order valence-electron chi connectivity index (χ0n) is 14.6. The first-order valence-electron chi connectivity index (χ1n) is 9.29. The Bertz CT molecular complexity index is 791. The molecule has 1 N–H and O–H groups in total. The highest BCUT2D eigenvalue weighted by atomic mass is 35.5. The van der Waals surface area contributed by atoms with E-state index in [1.165, 1.54) is 48.4 Å². The zero-order chi connectivity index (χ0) is 17.0. The Hall–Kier alpha value is -1.55. The zero-order valence-corrected chi connectivity index (χ0v) is 15.3. The van der Waals surface area contributed by atoms with Gasteiger partial charge in [-0.2, -0.15) is 0 Å². The lowest BCUT2D eigenvalue weighted by molar-refractivity contribution is 0.0576. The highest BCUT2D eigenvalue weighted by Gasteiger charge is 2.40. The molecule has 2 bridgehead atoms. The number of nitrogens with one attached hydrogen (secondary N) is 1. The van der Waals surface area contributed by atoms with Crippen LogP contribution in [0.1, 0.15) is 30.0 Å². The molecule has 25 heavy (non-hydrogen) atoms. The van der Waals surface area contributed by atoms with E-state index in [-0.39, 0.29) is 0 Å². The van der Waals surface area contributed by atoms with Gasteiger partial charge in [-0.25, -0.2) is 0 Å². The normalized spacial score (nSPS) is 28.8. The van der Waals surface area contributed by atoms with Crippen molar-refractivity contribution >= 4 is 23.0 Å². The van der Waals surface area contributed by atoms with Gasteiger partial charge in [-0.05, 0) is 61.7 Å². The summed E-state index contributed by atoms with van der Waals surface area (Å²) in [5, 5.41) is 4.47. The van der Waals surface area contributed by atoms with Crippen LogP contribution >= 0.6 is 11.6 Å². The van der Waals surface area contributed by atoms with E-state index in [0.29, 0.717) is 18.1 Å². The number of benzene rings is 2. The Morgan fingerprint density at radius 2 is 1.76 bits per heavy atom. The van der Waals surface area contributed by atoms with Crippen molar-refractivity contribution < 1.29 is 0 Å². The summed E-state index contributed by atoms with van der Waals surface area (Å²) in [5.41, 5.74) is 5.16. The van der Waals surface area contributed by atoms with Crippen molar-refractivity contribution in [3.8, 4) is 0 Å². The molecule has 3 aliphatic rings. The van der Waals surface area contributed by atoms with Gasteiger partial charge in [0, 0.05) is 47.6 Å². The van der Waals surface area contributed by atoms with E-state index < -0.39 is 0 Å². The highest BCUT2D eigenvalue weighted by Crippen LogP contribution is 2.41. The van der Waals surface area contributed by atoms with Gasteiger partial charge in [0.25, 0.3) is 0 Å². The van der Waals surface area contributed by atoms with Crippen LogP contribution in [0, 0.1) is 0 Å². The third-order valence-corrected chi connectivity index (χ3v) is 6.62. The first-order chi connectivity index (χ1) is 12.2. The summed E-state index contributed by atoms with van der Waals surface area (Å²) in [6, 6.07) is 16.8. The molecule has 3 atom stereocenters.